The summed E-state index contributed by atoms with van der Waals surface area (Å²) in [6, 6.07) is 10.5. The van der Waals surface area contributed by atoms with Gasteiger partial charge in [0, 0.05) is 35.8 Å². The maximum Gasteiger partial charge on any atom is 0.321 e. The van der Waals surface area contributed by atoms with E-state index in [9.17, 15) is 14.4 Å². The van der Waals surface area contributed by atoms with Crippen molar-refractivity contribution in [3.63, 3.8) is 0 Å². The van der Waals surface area contributed by atoms with Gasteiger partial charge in [0.2, 0.25) is 5.91 Å². The van der Waals surface area contributed by atoms with Gasteiger partial charge in [-0.15, -0.1) is 11.3 Å². The van der Waals surface area contributed by atoms with Gasteiger partial charge in [-0.1, -0.05) is 6.07 Å². The van der Waals surface area contributed by atoms with Crippen LogP contribution in [0.4, 0.5) is 10.5 Å². The lowest BCUT2D eigenvalue weighted by molar-refractivity contribution is -0.118. The van der Waals surface area contributed by atoms with Crippen molar-refractivity contribution in [2.24, 2.45) is 0 Å². The van der Waals surface area contributed by atoms with Crippen LogP contribution in [0.1, 0.15) is 28.1 Å². The molecule has 3 rings (SSSR count). The number of hydrogen-bond acceptors (Lipinski definition) is 5. The van der Waals surface area contributed by atoms with Gasteiger partial charge in [0.15, 0.2) is 0 Å². The number of nitrogens with zero attached hydrogens (tertiary/aromatic N) is 1. The summed E-state index contributed by atoms with van der Waals surface area (Å²) in [5.74, 6) is -0.383. The van der Waals surface area contributed by atoms with Crippen LogP contribution in [0.5, 0.6) is 0 Å². The number of benzene rings is 1. The van der Waals surface area contributed by atoms with Crippen LogP contribution >= 0.6 is 11.3 Å². The van der Waals surface area contributed by atoms with Crippen molar-refractivity contribution in [2.45, 2.75) is 19.3 Å². The number of likely N-dealkylation sites (tertiary alicyclic amines) is 1. The van der Waals surface area contributed by atoms with Gasteiger partial charge in [0.05, 0.1) is 6.54 Å². The molecule has 0 radical (unpaired) electrons. The summed E-state index contributed by atoms with van der Waals surface area (Å²) >= 11 is 1.63. The molecule has 1 aliphatic heterocycles. The number of nitrogens with one attached hydrogen (secondary N) is 3. The number of urea groups is 1. The number of hydrogen-bond donors (Lipinski definition) is 3. The molecule has 1 aromatic carbocycles. The lowest BCUT2D eigenvalue weighted by Gasteiger charge is -2.15. The van der Waals surface area contributed by atoms with Crippen molar-refractivity contribution >= 4 is 34.9 Å². The first-order valence-corrected chi connectivity index (χ1v) is 10.2. The highest BCUT2D eigenvalue weighted by atomic mass is 32.1. The van der Waals surface area contributed by atoms with Crippen molar-refractivity contribution in [1.82, 2.24) is 15.5 Å². The Morgan fingerprint density at radius 1 is 1.04 bits per heavy atom. The zero-order valence-electron chi connectivity index (χ0n) is 15.6. The van der Waals surface area contributed by atoms with Crippen molar-refractivity contribution in [3.05, 3.63) is 52.2 Å². The molecule has 1 aliphatic rings. The molecule has 0 bridgehead atoms. The lowest BCUT2D eigenvalue weighted by Crippen LogP contribution is -2.42. The number of amides is 4. The summed E-state index contributed by atoms with van der Waals surface area (Å²) in [5.41, 5.74) is 1.35. The molecule has 0 saturated carbocycles. The molecule has 2 heterocycles. The van der Waals surface area contributed by atoms with Gasteiger partial charge in [0.1, 0.15) is 0 Å². The minimum atomic E-state index is -0.505. The number of thiophene rings is 1. The maximum absolute atomic E-state index is 12.3. The van der Waals surface area contributed by atoms with E-state index in [1.165, 1.54) is 4.88 Å². The Kier molecular flexibility index (Phi) is 7.02. The fourth-order valence-electron chi connectivity index (χ4n) is 2.98. The van der Waals surface area contributed by atoms with E-state index in [4.69, 9.17) is 0 Å². The van der Waals surface area contributed by atoms with Gasteiger partial charge in [-0.25, -0.2) is 4.79 Å². The van der Waals surface area contributed by atoms with Crippen LogP contribution < -0.4 is 16.0 Å². The van der Waals surface area contributed by atoms with Crippen LogP contribution in [0.3, 0.4) is 0 Å². The standard InChI is InChI=1S/C20H24N4O3S/c25-18(23-20(27)21-10-9-17-4-3-13-28-17)14-22-16-7-5-15(6-8-16)19(26)24-11-1-2-12-24/h3-8,13,22H,1-2,9-12,14H2,(H2,21,23,25,27). The van der Waals surface area contributed by atoms with E-state index in [1.807, 2.05) is 22.4 Å². The molecule has 8 heteroatoms. The number of carbonyl (C=O) groups excluding carboxylic acids is 3. The quantitative estimate of drug-likeness (QED) is 0.666. The molecule has 2 aromatic rings. The first-order valence-electron chi connectivity index (χ1n) is 9.35. The Morgan fingerprint density at radius 2 is 1.79 bits per heavy atom. The molecule has 0 atom stereocenters. The topological polar surface area (TPSA) is 90.5 Å². The zero-order chi connectivity index (χ0) is 19.8. The molecule has 3 N–H and O–H groups in total. The van der Waals surface area contributed by atoms with E-state index < -0.39 is 11.9 Å². The first-order chi connectivity index (χ1) is 13.6. The average molecular weight is 401 g/mol. The predicted octanol–water partition coefficient (Wildman–Crippen LogP) is 2.46. The highest BCUT2D eigenvalue weighted by Gasteiger charge is 2.19. The predicted molar refractivity (Wildman–Crippen MR) is 110 cm³/mol. The van der Waals surface area contributed by atoms with Crippen LogP contribution in [-0.2, 0) is 11.2 Å². The Balaban J connectivity index is 1.36. The monoisotopic (exact) mass is 400 g/mol. The number of anilines is 1. The van der Waals surface area contributed by atoms with Crippen LogP contribution in [0.25, 0.3) is 0 Å². The first kappa shape index (κ1) is 19.9. The Bertz CT molecular complexity index is 799. The summed E-state index contributed by atoms with van der Waals surface area (Å²) in [6.45, 7) is 2.07. The molecule has 1 saturated heterocycles. The van der Waals surface area contributed by atoms with Crippen molar-refractivity contribution in [1.29, 1.82) is 0 Å². The minimum Gasteiger partial charge on any atom is -0.376 e. The summed E-state index contributed by atoms with van der Waals surface area (Å²) in [5, 5.41) is 9.88. The molecule has 0 unspecified atom stereocenters. The third-order valence-electron chi connectivity index (χ3n) is 4.47. The average Bonchev–Trinajstić information content (AvgIpc) is 3.40. The van der Waals surface area contributed by atoms with Crippen molar-refractivity contribution in [2.75, 3.05) is 31.5 Å². The Labute approximate surface area is 168 Å². The lowest BCUT2D eigenvalue weighted by atomic mass is 10.2. The van der Waals surface area contributed by atoms with E-state index in [0.717, 1.165) is 32.4 Å². The second-order valence-corrected chi connectivity index (χ2v) is 7.60. The van der Waals surface area contributed by atoms with Crippen molar-refractivity contribution < 1.29 is 14.4 Å². The van der Waals surface area contributed by atoms with E-state index in [0.29, 0.717) is 17.8 Å². The Hall–Kier alpha value is -2.87. The molecule has 4 amide bonds. The number of rotatable bonds is 7. The molecule has 7 nitrogen and oxygen atoms in total. The van der Waals surface area contributed by atoms with E-state index in [-0.39, 0.29) is 12.5 Å². The van der Waals surface area contributed by atoms with E-state index >= 15 is 0 Å². The normalized spacial score (nSPS) is 13.2. The van der Waals surface area contributed by atoms with Gasteiger partial charge in [-0.3, -0.25) is 14.9 Å². The maximum atomic E-state index is 12.3. The molecular weight excluding hydrogens is 376 g/mol. The van der Waals surface area contributed by atoms with E-state index in [2.05, 4.69) is 16.0 Å². The highest BCUT2D eigenvalue weighted by Crippen LogP contribution is 2.15. The zero-order valence-corrected chi connectivity index (χ0v) is 16.4. The molecule has 1 aromatic heterocycles. The molecule has 28 heavy (non-hydrogen) atoms. The Morgan fingerprint density at radius 3 is 2.46 bits per heavy atom. The number of imide groups is 1. The summed E-state index contributed by atoms with van der Waals surface area (Å²) < 4.78 is 0. The summed E-state index contributed by atoms with van der Waals surface area (Å²) in [6.07, 6.45) is 2.85. The van der Waals surface area contributed by atoms with Crippen LogP contribution in [-0.4, -0.2) is 48.9 Å². The highest BCUT2D eigenvalue weighted by molar-refractivity contribution is 7.09. The van der Waals surface area contributed by atoms with Gasteiger partial charge in [0.25, 0.3) is 5.91 Å². The number of carbonyl (C=O) groups is 3. The smallest absolute Gasteiger partial charge is 0.321 e. The van der Waals surface area contributed by atoms with Crippen LogP contribution in [0.2, 0.25) is 0 Å². The van der Waals surface area contributed by atoms with Gasteiger partial charge < -0.3 is 15.5 Å². The second kappa shape index (κ2) is 9.89. The fourth-order valence-corrected chi connectivity index (χ4v) is 3.69. The molecule has 148 valence electrons. The fraction of sp³-hybridized carbons (Fsp3) is 0.350. The van der Waals surface area contributed by atoms with E-state index in [1.54, 1.807) is 35.6 Å². The largest absolute Gasteiger partial charge is 0.376 e. The third-order valence-corrected chi connectivity index (χ3v) is 5.40. The van der Waals surface area contributed by atoms with Crippen LogP contribution in [0, 0.1) is 0 Å². The molecule has 1 fully saturated rings. The summed E-state index contributed by atoms with van der Waals surface area (Å²) in [4.78, 5) is 38.9. The second-order valence-electron chi connectivity index (χ2n) is 6.56. The van der Waals surface area contributed by atoms with Gasteiger partial charge in [-0.2, -0.15) is 0 Å². The summed E-state index contributed by atoms with van der Waals surface area (Å²) in [7, 11) is 0. The molecule has 0 aliphatic carbocycles. The van der Waals surface area contributed by atoms with Gasteiger partial charge >= 0.3 is 6.03 Å². The van der Waals surface area contributed by atoms with Gasteiger partial charge in [-0.05, 0) is 55.0 Å². The molecular formula is C20H24N4O3S. The molecule has 0 spiro atoms. The SMILES string of the molecule is O=C(CNc1ccc(C(=O)N2CCCC2)cc1)NC(=O)NCCc1cccs1. The van der Waals surface area contributed by atoms with Crippen LogP contribution in [0.15, 0.2) is 41.8 Å². The van der Waals surface area contributed by atoms with Crippen molar-refractivity contribution in [3.8, 4) is 0 Å². The third kappa shape index (κ3) is 5.82. The minimum absolute atomic E-state index is 0.0300.